The molecule has 3 rings (SSSR count). The molecule has 122 valence electrons. The van der Waals surface area contributed by atoms with Crippen LogP contribution < -0.4 is 5.32 Å². The molecule has 0 fully saturated rings. The number of carbonyl (C=O) groups excluding carboxylic acids is 1. The zero-order chi connectivity index (χ0) is 16.8. The van der Waals surface area contributed by atoms with Crippen molar-refractivity contribution in [3.8, 4) is 5.69 Å². The van der Waals surface area contributed by atoms with Crippen LogP contribution in [0.5, 0.6) is 0 Å². The molecule has 5 heteroatoms. The highest BCUT2D eigenvalue weighted by Gasteiger charge is 2.06. The third kappa shape index (κ3) is 4.46. The summed E-state index contributed by atoms with van der Waals surface area (Å²) < 4.78 is 1.74. The summed E-state index contributed by atoms with van der Waals surface area (Å²) in [6.45, 7) is 0. The van der Waals surface area contributed by atoms with Gasteiger partial charge in [-0.2, -0.15) is 5.10 Å². The van der Waals surface area contributed by atoms with E-state index in [0.29, 0.717) is 12.2 Å². The first kappa shape index (κ1) is 16.3. The minimum absolute atomic E-state index is 0.0257. The molecular weight excluding hydrogens is 322 g/mol. The average Bonchev–Trinajstić information content (AvgIpc) is 3.06. The van der Waals surface area contributed by atoms with Gasteiger partial charge in [0.1, 0.15) is 0 Å². The molecule has 24 heavy (non-hydrogen) atoms. The third-order valence-corrected chi connectivity index (χ3v) is 3.91. The molecular formula is C19H18ClN3O. The summed E-state index contributed by atoms with van der Waals surface area (Å²) >= 11 is 5.86. The fourth-order valence-corrected chi connectivity index (χ4v) is 2.55. The van der Waals surface area contributed by atoms with Crippen molar-refractivity contribution in [1.29, 1.82) is 0 Å². The van der Waals surface area contributed by atoms with Crippen molar-refractivity contribution in [3.05, 3.63) is 77.4 Å². The number of hydrogen-bond donors (Lipinski definition) is 1. The van der Waals surface area contributed by atoms with E-state index in [9.17, 15) is 4.79 Å². The molecule has 0 saturated carbocycles. The Morgan fingerprint density at radius 3 is 2.54 bits per heavy atom. The number of anilines is 1. The summed E-state index contributed by atoms with van der Waals surface area (Å²) in [5, 5.41) is 7.93. The van der Waals surface area contributed by atoms with Gasteiger partial charge in [0.25, 0.3) is 0 Å². The maximum absolute atomic E-state index is 12.0. The van der Waals surface area contributed by atoms with E-state index in [1.807, 2.05) is 60.8 Å². The SMILES string of the molecule is O=C(CCCc1ccc(Cl)cc1)Nc1ccn(-c2ccccc2)n1. The molecule has 0 radical (unpaired) electrons. The van der Waals surface area contributed by atoms with Crippen LogP contribution in [0.4, 0.5) is 5.82 Å². The van der Waals surface area contributed by atoms with Gasteiger partial charge in [0.2, 0.25) is 5.91 Å². The van der Waals surface area contributed by atoms with E-state index in [4.69, 9.17) is 11.6 Å². The minimum atomic E-state index is -0.0257. The van der Waals surface area contributed by atoms with Crippen molar-refractivity contribution in [2.24, 2.45) is 0 Å². The minimum Gasteiger partial charge on any atom is -0.309 e. The Morgan fingerprint density at radius 1 is 1.04 bits per heavy atom. The number of amides is 1. The largest absolute Gasteiger partial charge is 0.309 e. The zero-order valence-electron chi connectivity index (χ0n) is 13.2. The van der Waals surface area contributed by atoms with Gasteiger partial charge in [0, 0.05) is 23.7 Å². The second kappa shape index (κ2) is 7.79. The molecule has 0 atom stereocenters. The third-order valence-electron chi connectivity index (χ3n) is 3.66. The van der Waals surface area contributed by atoms with Crippen LogP contribution in [-0.2, 0) is 11.2 Å². The van der Waals surface area contributed by atoms with Crippen molar-refractivity contribution in [3.63, 3.8) is 0 Å². The molecule has 2 aromatic carbocycles. The van der Waals surface area contributed by atoms with Crippen molar-refractivity contribution in [2.45, 2.75) is 19.3 Å². The lowest BCUT2D eigenvalue weighted by atomic mass is 10.1. The molecule has 0 bridgehead atoms. The van der Waals surface area contributed by atoms with Gasteiger partial charge in [0.15, 0.2) is 5.82 Å². The second-order valence-electron chi connectivity index (χ2n) is 5.51. The highest BCUT2D eigenvalue weighted by molar-refractivity contribution is 6.30. The van der Waals surface area contributed by atoms with E-state index in [2.05, 4.69) is 10.4 Å². The van der Waals surface area contributed by atoms with Crippen LogP contribution in [0.15, 0.2) is 66.9 Å². The van der Waals surface area contributed by atoms with E-state index in [1.165, 1.54) is 5.56 Å². The lowest BCUT2D eigenvalue weighted by molar-refractivity contribution is -0.116. The average molecular weight is 340 g/mol. The number of aromatic nitrogens is 2. The Hall–Kier alpha value is -2.59. The quantitative estimate of drug-likeness (QED) is 0.719. The molecule has 0 aliphatic heterocycles. The maximum Gasteiger partial charge on any atom is 0.225 e. The number of nitrogens with zero attached hydrogens (tertiary/aromatic N) is 2. The molecule has 0 aliphatic rings. The summed E-state index contributed by atoms with van der Waals surface area (Å²) in [4.78, 5) is 12.0. The van der Waals surface area contributed by atoms with Crippen molar-refractivity contribution in [2.75, 3.05) is 5.32 Å². The number of hydrogen-bond acceptors (Lipinski definition) is 2. The fraction of sp³-hybridized carbons (Fsp3) is 0.158. The number of carbonyl (C=O) groups is 1. The highest BCUT2D eigenvalue weighted by Crippen LogP contribution is 2.13. The number of rotatable bonds is 6. The summed E-state index contributed by atoms with van der Waals surface area (Å²) in [5.41, 5.74) is 2.14. The zero-order valence-corrected chi connectivity index (χ0v) is 13.9. The van der Waals surface area contributed by atoms with Crippen molar-refractivity contribution in [1.82, 2.24) is 9.78 Å². The molecule has 1 amide bonds. The van der Waals surface area contributed by atoms with Gasteiger partial charge in [-0.05, 0) is 42.7 Å². The molecule has 0 aliphatic carbocycles. The molecule has 0 spiro atoms. The standard InChI is InChI=1S/C19H18ClN3O/c20-16-11-9-15(10-12-16)5-4-8-19(24)21-18-13-14-23(22-18)17-6-2-1-3-7-17/h1-3,6-7,9-14H,4-5,8H2,(H,21,22,24). The van der Waals surface area contributed by atoms with Crippen LogP contribution >= 0.6 is 11.6 Å². The number of halogens is 1. The van der Waals surface area contributed by atoms with E-state index < -0.39 is 0 Å². The first-order chi connectivity index (χ1) is 11.7. The molecule has 1 aromatic heterocycles. The first-order valence-electron chi connectivity index (χ1n) is 7.86. The summed E-state index contributed by atoms with van der Waals surface area (Å²) in [5.74, 6) is 0.539. The Kier molecular flexibility index (Phi) is 5.29. The van der Waals surface area contributed by atoms with Gasteiger partial charge in [-0.1, -0.05) is 41.9 Å². The number of para-hydroxylation sites is 1. The second-order valence-corrected chi connectivity index (χ2v) is 5.95. The summed E-state index contributed by atoms with van der Waals surface area (Å²) in [6.07, 6.45) is 3.93. The number of benzene rings is 2. The molecule has 0 saturated heterocycles. The lowest BCUT2D eigenvalue weighted by Gasteiger charge is -2.03. The van der Waals surface area contributed by atoms with Gasteiger partial charge in [-0.3, -0.25) is 4.79 Å². The smallest absolute Gasteiger partial charge is 0.225 e. The first-order valence-corrected chi connectivity index (χ1v) is 8.24. The van der Waals surface area contributed by atoms with Crippen LogP contribution in [-0.4, -0.2) is 15.7 Å². The monoisotopic (exact) mass is 339 g/mol. The van der Waals surface area contributed by atoms with Crippen LogP contribution in [0.3, 0.4) is 0 Å². The van der Waals surface area contributed by atoms with Crippen LogP contribution in [0, 0.1) is 0 Å². The Balaban J connectivity index is 1.48. The predicted molar refractivity (Wildman–Crippen MR) is 96.6 cm³/mol. The lowest BCUT2D eigenvalue weighted by Crippen LogP contribution is -2.12. The van der Waals surface area contributed by atoms with Crippen LogP contribution in [0.1, 0.15) is 18.4 Å². The molecule has 1 heterocycles. The normalized spacial score (nSPS) is 10.5. The summed E-state index contributed by atoms with van der Waals surface area (Å²) in [6, 6.07) is 19.3. The van der Waals surface area contributed by atoms with E-state index >= 15 is 0 Å². The van der Waals surface area contributed by atoms with Crippen molar-refractivity contribution >= 4 is 23.3 Å². The number of nitrogens with one attached hydrogen (secondary N) is 1. The topological polar surface area (TPSA) is 46.9 Å². The van der Waals surface area contributed by atoms with Gasteiger partial charge in [-0.15, -0.1) is 0 Å². The Bertz CT molecular complexity index is 797. The van der Waals surface area contributed by atoms with Gasteiger partial charge >= 0.3 is 0 Å². The molecule has 4 nitrogen and oxygen atoms in total. The predicted octanol–water partition coefficient (Wildman–Crippen LogP) is 4.49. The molecule has 1 N–H and O–H groups in total. The van der Waals surface area contributed by atoms with Gasteiger partial charge in [0.05, 0.1) is 5.69 Å². The van der Waals surface area contributed by atoms with Crippen LogP contribution in [0.25, 0.3) is 5.69 Å². The van der Waals surface area contributed by atoms with Gasteiger partial charge in [-0.25, -0.2) is 4.68 Å². The summed E-state index contributed by atoms with van der Waals surface area (Å²) in [7, 11) is 0. The van der Waals surface area contributed by atoms with Gasteiger partial charge < -0.3 is 5.32 Å². The Labute approximate surface area is 146 Å². The fourth-order valence-electron chi connectivity index (χ4n) is 2.42. The number of aryl methyl sites for hydroxylation is 1. The van der Waals surface area contributed by atoms with Crippen molar-refractivity contribution < 1.29 is 4.79 Å². The van der Waals surface area contributed by atoms with E-state index in [1.54, 1.807) is 10.7 Å². The maximum atomic E-state index is 12.0. The van der Waals surface area contributed by atoms with E-state index in [-0.39, 0.29) is 5.91 Å². The Morgan fingerprint density at radius 2 is 1.79 bits per heavy atom. The van der Waals surface area contributed by atoms with Crippen LogP contribution in [0.2, 0.25) is 5.02 Å². The molecule has 0 unspecified atom stereocenters. The molecule has 3 aromatic rings. The highest BCUT2D eigenvalue weighted by atomic mass is 35.5. The van der Waals surface area contributed by atoms with E-state index in [0.717, 1.165) is 23.6 Å².